The molecule has 1 aliphatic heterocycles. The Balaban J connectivity index is 1.46. The van der Waals surface area contributed by atoms with Gasteiger partial charge in [0.1, 0.15) is 11.6 Å². The summed E-state index contributed by atoms with van der Waals surface area (Å²) in [6, 6.07) is 0.938. The van der Waals surface area contributed by atoms with E-state index in [1.807, 2.05) is 4.90 Å². The molecule has 4 rings (SSSR count). The number of nitrogens with zero attached hydrogens (tertiary/aromatic N) is 3. The Morgan fingerprint density at radius 1 is 1.00 bits per heavy atom. The standard InChI is InChI=1S/C19H20F6N4/c20-13-7-15(22)14(21)6-12(13)11-2-1-10(5-16(11)26)28-3-4-29-8-17(19(23,24)25)27-18(29)9-28/h6-8,10-11,16H,1-5,9,26H2/t10-,11+,16-/m0/s1. The highest BCUT2D eigenvalue weighted by molar-refractivity contribution is 5.26. The van der Waals surface area contributed by atoms with Crippen LogP contribution in [0.5, 0.6) is 0 Å². The fourth-order valence-electron chi connectivity index (χ4n) is 4.44. The van der Waals surface area contributed by atoms with Crippen molar-refractivity contribution in [1.82, 2.24) is 14.5 Å². The number of benzene rings is 1. The van der Waals surface area contributed by atoms with E-state index < -0.39 is 41.3 Å². The molecule has 1 aromatic carbocycles. The molecule has 29 heavy (non-hydrogen) atoms. The lowest BCUT2D eigenvalue weighted by Crippen LogP contribution is -2.48. The van der Waals surface area contributed by atoms with Gasteiger partial charge in [-0.3, -0.25) is 4.90 Å². The number of alkyl halides is 3. The minimum atomic E-state index is -4.48. The van der Waals surface area contributed by atoms with E-state index in [0.29, 0.717) is 44.2 Å². The second-order valence-electron chi connectivity index (χ2n) is 7.73. The number of hydrogen-bond donors (Lipinski definition) is 1. The second-order valence-corrected chi connectivity index (χ2v) is 7.73. The average Bonchev–Trinajstić information content (AvgIpc) is 3.09. The van der Waals surface area contributed by atoms with E-state index in [1.165, 1.54) is 4.57 Å². The molecule has 0 radical (unpaired) electrons. The maximum absolute atomic E-state index is 14.1. The van der Waals surface area contributed by atoms with E-state index in [0.717, 1.165) is 12.3 Å². The minimum absolute atomic E-state index is 0.00870. The Morgan fingerprint density at radius 3 is 2.41 bits per heavy atom. The molecular weight excluding hydrogens is 398 g/mol. The summed E-state index contributed by atoms with van der Waals surface area (Å²) in [6.45, 7) is 1.23. The van der Waals surface area contributed by atoms with Crippen molar-refractivity contribution in [2.24, 2.45) is 5.73 Å². The van der Waals surface area contributed by atoms with Crippen LogP contribution in [0.15, 0.2) is 18.3 Å². The van der Waals surface area contributed by atoms with Crippen LogP contribution in [0.2, 0.25) is 0 Å². The number of nitrogens with two attached hydrogens (primary N) is 1. The third kappa shape index (κ3) is 3.87. The molecule has 0 unspecified atom stereocenters. The van der Waals surface area contributed by atoms with Crippen molar-refractivity contribution in [2.75, 3.05) is 6.54 Å². The molecule has 0 saturated heterocycles. The summed E-state index contributed by atoms with van der Waals surface area (Å²) in [5.74, 6) is -3.26. The summed E-state index contributed by atoms with van der Waals surface area (Å²) in [5.41, 5.74) is 5.41. The quantitative estimate of drug-likeness (QED) is 0.596. The van der Waals surface area contributed by atoms with E-state index in [-0.39, 0.29) is 18.2 Å². The van der Waals surface area contributed by atoms with Gasteiger partial charge in [-0.15, -0.1) is 0 Å². The van der Waals surface area contributed by atoms with Crippen LogP contribution in [0.3, 0.4) is 0 Å². The largest absolute Gasteiger partial charge is 0.434 e. The lowest BCUT2D eigenvalue weighted by atomic mass is 9.77. The Morgan fingerprint density at radius 2 is 1.72 bits per heavy atom. The normalized spacial score (nSPS) is 25.8. The van der Waals surface area contributed by atoms with Crippen LogP contribution < -0.4 is 5.73 Å². The number of hydrogen-bond acceptors (Lipinski definition) is 3. The molecule has 2 N–H and O–H groups in total. The minimum Gasteiger partial charge on any atom is -0.332 e. The first kappa shape index (κ1) is 20.2. The molecule has 3 atom stereocenters. The Bertz CT molecular complexity index is 909. The molecule has 2 aliphatic rings. The fourth-order valence-corrected chi connectivity index (χ4v) is 4.44. The first-order chi connectivity index (χ1) is 13.6. The van der Waals surface area contributed by atoms with Crippen molar-refractivity contribution in [1.29, 1.82) is 0 Å². The maximum Gasteiger partial charge on any atom is 0.434 e. The van der Waals surface area contributed by atoms with Crippen LogP contribution in [0.25, 0.3) is 0 Å². The third-order valence-corrected chi connectivity index (χ3v) is 5.95. The molecule has 1 saturated carbocycles. The van der Waals surface area contributed by atoms with Crippen LogP contribution in [0, 0.1) is 17.5 Å². The zero-order chi connectivity index (χ0) is 20.9. The summed E-state index contributed by atoms with van der Waals surface area (Å²) < 4.78 is 81.0. The van der Waals surface area contributed by atoms with E-state index in [4.69, 9.17) is 5.73 Å². The molecule has 0 bridgehead atoms. The zero-order valence-electron chi connectivity index (χ0n) is 15.4. The topological polar surface area (TPSA) is 47.1 Å². The van der Waals surface area contributed by atoms with Crippen LogP contribution >= 0.6 is 0 Å². The van der Waals surface area contributed by atoms with Crippen molar-refractivity contribution in [3.05, 3.63) is 52.9 Å². The summed E-state index contributed by atoms with van der Waals surface area (Å²) in [7, 11) is 0. The fraction of sp³-hybridized carbons (Fsp3) is 0.526. The highest BCUT2D eigenvalue weighted by Crippen LogP contribution is 2.37. The number of aromatic nitrogens is 2. The van der Waals surface area contributed by atoms with E-state index >= 15 is 0 Å². The molecule has 2 aromatic rings. The monoisotopic (exact) mass is 418 g/mol. The van der Waals surface area contributed by atoms with Crippen LogP contribution in [-0.2, 0) is 19.3 Å². The Labute approximate surface area is 163 Å². The molecule has 2 heterocycles. The third-order valence-electron chi connectivity index (χ3n) is 5.95. The Kier molecular flexibility index (Phi) is 5.10. The lowest BCUT2D eigenvalue weighted by Gasteiger charge is -2.41. The van der Waals surface area contributed by atoms with E-state index in [2.05, 4.69) is 4.98 Å². The predicted octanol–water partition coefficient (Wildman–Crippen LogP) is 3.80. The zero-order valence-corrected chi connectivity index (χ0v) is 15.4. The lowest BCUT2D eigenvalue weighted by molar-refractivity contribution is -0.141. The highest BCUT2D eigenvalue weighted by Gasteiger charge is 2.38. The maximum atomic E-state index is 14.1. The molecular formula is C19H20F6N4. The summed E-state index contributed by atoms with van der Waals surface area (Å²) in [5, 5.41) is 0. The van der Waals surface area contributed by atoms with Gasteiger partial charge in [0.2, 0.25) is 0 Å². The van der Waals surface area contributed by atoms with E-state index in [1.54, 1.807) is 0 Å². The van der Waals surface area contributed by atoms with Gasteiger partial charge in [-0.05, 0) is 30.9 Å². The highest BCUT2D eigenvalue weighted by atomic mass is 19.4. The van der Waals surface area contributed by atoms with Crippen LogP contribution in [-0.4, -0.2) is 33.1 Å². The smallest absolute Gasteiger partial charge is 0.332 e. The Hall–Kier alpha value is -2.07. The van der Waals surface area contributed by atoms with Gasteiger partial charge in [-0.2, -0.15) is 13.2 Å². The SMILES string of the molecule is N[C@H]1C[C@@H](N2CCn3cc(C(F)(F)F)nc3C2)CC[C@@H]1c1cc(F)c(F)cc1F. The summed E-state index contributed by atoms with van der Waals surface area (Å²) in [6.07, 6.45) is -1.86. The summed E-state index contributed by atoms with van der Waals surface area (Å²) in [4.78, 5) is 5.76. The van der Waals surface area contributed by atoms with Gasteiger partial charge in [-0.25, -0.2) is 18.2 Å². The van der Waals surface area contributed by atoms with Gasteiger partial charge in [0, 0.05) is 43.4 Å². The van der Waals surface area contributed by atoms with Gasteiger partial charge in [-0.1, -0.05) is 0 Å². The number of imidazole rings is 1. The summed E-state index contributed by atoms with van der Waals surface area (Å²) >= 11 is 0. The van der Waals surface area contributed by atoms with E-state index in [9.17, 15) is 26.3 Å². The number of rotatable bonds is 2. The van der Waals surface area contributed by atoms with Gasteiger partial charge >= 0.3 is 6.18 Å². The number of fused-ring (bicyclic) bond motifs is 1. The van der Waals surface area contributed by atoms with Crippen LogP contribution in [0.1, 0.15) is 42.3 Å². The van der Waals surface area contributed by atoms with Crippen molar-refractivity contribution >= 4 is 0 Å². The molecule has 1 aromatic heterocycles. The number of halogens is 6. The molecule has 0 spiro atoms. The molecule has 4 nitrogen and oxygen atoms in total. The van der Waals surface area contributed by atoms with Crippen LogP contribution in [0.4, 0.5) is 26.3 Å². The predicted molar refractivity (Wildman–Crippen MR) is 92.3 cm³/mol. The molecule has 10 heteroatoms. The van der Waals surface area contributed by atoms with Crippen molar-refractivity contribution in [3.8, 4) is 0 Å². The molecule has 0 amide bonds. The molecule has 1 fully saturated rings. The van der Waals surface area contributed by atoms with Gasteiger partial charge < -0.3 is 10.3 Å². The first-order valence-electron chi connectivity index (χ1n) is 9.41. The molecule has 1 aliphatic carbocycles. The molecule has 158 valence electrons. The first-order valence-corrected chi connectivity index (χ1v) is 9.41. The van der Waals surface area contributed by atoms with Crippen molar-refractivity contribution < 1.29 is 26.3 Å². The van der Waals surface area contributed by atoms with Crippen molar-refractivity contribution in [3.63, 3.8) is 0 Å². The average molecular weight is 418 g/mol. The van der Waals surface area contributed by atoms with Gasteiger partial charge in [0.05, 0.1) is 6.54 Å². The second kappa shape index (κ2) is 7.32. The van der Waals surface area contributed by atoms with Gasteiger partial charge in [0.15, 0.2) is 17.3 Å². The van der Waals surface area contributed by atoms with Crippen molar-refractivity contribution in [2.45, 2.75) is 56.5 Å². The van der Waals surface area contributed by atoms with Gasteiger partial charge in [0.25, 0.3) is 0 Å².